The Morgan fingerprint density at radius 3 is 2.00 bits per heavy atom. The van der Waals surface area contributed by atoms with Gasteiger partial charge in [-0.2, -0.15) is 0 Å². The highest BCUT2D eigenvalue weighted by atomic mass is 15.0. The van der Waals surface area contributed by atoms with Crippen LogP contribution in [0.25, 0.3) is 49.7 Å². The number of para-hydroxylation sites is 1. The van der Waals surface area contributed by atoms with Crippen LogP contribution in [0.5, 0.6) is 0 Å². The Kier molecular flexibility index (Phi) is 2.38. The van der Waals surface area contributed by atoms with Crippen LogP contribution in [-0.2, 0) is 5.41 Å². The zero-order chi connectivity index (χ0) is 20.6. The lowest BCUT2D eigenvalue weighted by molar-refractivity contribution is 0.803. The predicted molar refractivity (Wildman–Crippen MR) is 131 cm³/mol. The average Bonchev–Trinajstić information content (AvgIpc) is 3.43. The highest BCUT2D eigenvalue weighted by Gasteiger charge is 2.54. The van der Waals surface area contributed by atoms with E-state index in [0.29, 0.717) is 0 Å². The van der Waals surface area contributed by atoms with Crippen molar-refractivity contribution in [3.8, 4) is 27.9 Å². The van der Waals surface area contributed by atoms with Crippen LogP contribution >= 0.6 is 0 Å². The number of fused-ring (bicyclic) bond motifs is 9. The van der Waals surface area contributed by atoms with E-state index < -0.39 is 0 Å². The molecule has 9 rings (SSSR count). The summed E-state index contributed by atoms with van der Waals surface area (Å²) in [5.74, 6) is 0. The van der Waals surface area contributed by atoms with Crippen molar-refractivity contribution >= 4 is 21.8 Å². The second-order valence-electron chi connectivity index (χ2n) is 9.31. The summed E-state index contributed by atoms with van der Waals surface area (Å²) in [7, 11) is 0. The first-order valence-electron chi connectivity index (χ1n) is 11.3. The minimum atomic E-state index is -0.254. The Morgan fingerprint density at radius 1 is 0.500 bits per heavy atom. The molecule has 1 unspecified atom stereocenters. The second-order valence-corrected chi connectivity index (χ2v) is 9.31. The molecule has 0 fully saturated rings. The summed E-state index contributed by atoms with van der Waals surface area (Å²) < 4.78 is 2.51. The van der Waals surface area contributed by atoms with Crippen LogP contribution in [0.4, 0.5) is 0 Å². The van der Waals surface area contributed by atoms with Gasteiger partial charge in [0.25, 0.3) is 0 Å². The topological polar surface area (TPSA) is 4.93 Å². The van der Waals surface area contributed by atoms with Gasteiger partial charge in [0.2, 0.25) is 0 Å². The molecule has 3 aliphatic rings. The lowest BCUT2D eigenvalue weighted by Crippen LogP contribution is -2.25. The Bertz CT molecular complexity index is 1820. The van der Waals surface area contributed by atoms with Crippen LogP contribution in [-0.4, -0.2) is 4.57 Å². The van der Waals surface area contributed by atoms with E-state index >= 15 is 0 Å². The van der Waals surface area contributed by atoms with Crippen molar-refractivity contribution < 1.29 is 0 Å². The number of benzene rings is 5. The maximum Gasteiger partial charge on any atom is 0.0747 e. The number of aromatic nitrogens is 1. The van der Waals surface area contributed by atoms with E-state index in [9.17, 15) is 0 Å². The Morgan fingerprint density at radius 2 is 1.16 bits per heavy atom. The molecule has 1 spiro atoms. The van der Waals surface area contributed by atoms with Crippen molar-refractivity contribution in [2.45, 2.75) is 5.41 Å². The molecular weight excluding hydrogens is 386 g/mol. The molecule has 32 heavy (non-hydrogen) atoms. The molecule has 1 aromatic heterocycles. The highest BCUT2D eigenvalue weighted by molar-refractivity contribution is 6.15. The van der Waals surface area contributed by atoms with Crippen LogP contribution < -0.4 is 0 Å². The smallest absolute Gasteiger partial charge is 0.0747 e. The van der Waals surface area contributed by atoms with Gasteiger partial charge in [-0.15, -0.1) is 0 Å². The largest absolute Gasteiger partial charge is 0.309 e. The van der Waals surface area contributed by atoms with Gasteiger partial charge in [-0.3, -0.25) is 0 Å². The maximum atomic E-state index is 2.51. The zero-order valence-corrected chi connectivity index (χ0v) is 17.3. The third-order valence-electron chi connectivity index (χ3n) is 8.12. The normalized spacial score (nSPS) is 18.1. The summed E-state index contributed by atoms with van der Waals surface area (Å²) in [5, 5.41) is 2.68. The van der Waals surface area contributed by atoms with Crippen LogP contribution in [0.15, 0.2) is 103 Å². The molecule has 2 heterocycles. The number of nitrogens with zero attached hydrogens (tertiary/aromatic N) is 1. The molecule has 0 N–H and O–H groups in total. The van der Waals surface area contributed by atoms with Crippen molar-refractivity contribution in [2.24, 2.45) is 0 Å². The summed E-state index contributed by atoms with van der Waals surface area (Å²) >= 11 is 0. The molecule has 0 radical (unpaired) electrons. The average molecular weight is 403 g/mol. The van der Waals surface area contributed by atoms with Crippen LogP contribution in [0, 0.1) is 0 Å². The van der Waals surface area contributed by atoms with E-state index in [2.05, 4.69) is 108 Å². The lowest BCUT2D eigenvalue weighted by Gasteiger charge is -2.30. The van der Waals surface area contributed by atoms with Gasteiger partial charge >= 0.3 is 0 Å². The molecule has 2 aliphatic carbocycles. The van der Waals surface area contributed by atoms with E-state index in [1.807, 2.05) is 0 Å². The quantitative estimate of drug-likeness (QED) is 0.248. The minimum Gasteiger partial charge on any atom is -0.309 e. The molecule has 6 aromatic rings. The van der Waals surface area contributed by atoms with Crippen molar-refractivity contribution in [1.82, 2.24) is 4.57 Å². The summed E-state index contributed by atoms with van der Waals surface area (Å²) in [6.07, 6.45) is 0. The summed E-state index contributed by atoms with van der Waals surface area (Å²) in [6.45, 7) is 0. The van der Waals surface area contributed by atoms with Gasteiger partial charge in [-0.05, 0) is 57.1 Å². The lowest BCUT2D eigenvalue weighted by atomic mass is 9.70. The molecule has 0 amide bonds. The van der Waals surface area contributed by atoms with Gasteiger partial charge in [0.05, 0.1) is 16.4 Å². The van der Waals surface area contributed by atoms with E-state index in [0.717, 1.165) is 0 Å². The van der Waals surface area contributed by atoms with Crippen LogP contribution in [0.3, 0.4) is 0 Å². The summed E-state index contributed by atoms with van der Waals surface area (Å²) in [4.78, 5) is 0. The minimum absolute atomic E-state index is 0.254. The Labute approximate surface area is 185 Å². The summed E-state index contributed by atoms with van der Waals surface area (Å²) in [6, 6.07) is 38.8. The first-order chi connectivity index (χ1) is 15.9. The van der Waals surface area contributed by atoms with E-state index in [1.54, 1.807) is 0 Å². The van der Waals surface area contributed by atoms with E-state index in [1.165, 1.54) is 72.0 Å². The summed E-state index contributed by atoms with van der Waals surface area (Å²) in [5.41, 5.74) is 14.9. The molecule has 0 saturated carbocycles. The van der Waals surface area contributed by atoms with Crippen molar-refractivity contribution in [3.05, 3.63) is 125 Å². The first-order valence-corrected chi connectivity index (χ1v) is 11.3. The Hall–Kier alpha value is -4.10. The standard InChI is InChI=1S/C31H17N/c1-4-10-25-19(7-1)21-14-13-18-17-27(21)31(25)26-11-5-2-8-20(26)23-15-16-24-22-9-3-6-12-28(22)32(18)30(24)29(23)31/h1-17H. The second kappa shape index (κ2) is 4.87. The third-order valence-corrected chi connectivity index (χ3v) is 8.12. The van der Waals surface area contributed by atoms with Crippen molar-refractivity contribution in [1.29, 1.82) is 0 Å². The number of hydrogen-bond donors (Lipinski definition) is 0. The molecule has 1 atom stereocenters. The molecule has 1 heteroatoms. The molecule has 146 valence electrons. The molecule has 1 nitrogen and oxygen atoms in total. The maximum absolute atomic E-state index is 2.51. The monoisotopic (exact) mass is 403 g/mol. The van der Waals surface area contributed by atoms with Gasteiger partial charge in [-0.25, -0.2) is 0 Å². The van der Waals surface area contributed by atoms with E-state index in [4.69, 9.17) is 0 Å². The number of hydrogen-bond acceptors (Lipinski definition) is 0. The van der Waals surface area contributed by atoms with Gasteiger partial charge in [0.15, 0.2) is 0 Å². The van der Waals surface area contributed by atoms with Gasteiger partial charge in [-0.1, -0.05) is 84.9 Å². The van der Waals surface area contributed by atoms with Gasteiger partial charge < -0.3 is 4.57 Å². The molecule has 0 saturated heterocycles. The first kappa shape index (κ1) is 15.7. The fraction of sp³-hybridized carbons (Fsp3) is 0.0323. The van der Waals surface area contributed by atoms with E-state index in [-0.39, 0.29) is 5.41 Å². The van der Waals surface area contributed by atoms with Gasteiger partial charge in [0.1, 0.15) is 0 Å². The van der Waals surface area contributed by atoms with Crippen molar-refractivity contribution in [2.75, 3.05) is 0 Å². The predicted octanol–water partition coefficient (Wildman–Crippen LogP) is 7.44. The zero-order valence-electron chi connectivity index (χ0n) is 17.3. The molecule has 1 aliphatic heterocycles. The fourth-order valence-corrected chi connectivity index (χ4v) is 7.08. The van der Waals surface area contributed by atoms with Crippen LogP contribution in [0.1, 0.15) is 22.3 Å². The third kappa shape index (κ3) is 1.41. The van der Waals surface area contributed by atoms with Crippen molar-refractivity contribution in [3.63, 3.8) is 0 Å². The molecule has 5 aromatic carbocycles. The Balaban J connectivity index is 1.68. The molecular formula is C31H17N. The molecule has 2 bridgehead atoms. The number of rotatable bonds is 0. The van der Waals surface area contributed by atoms with Crippen LogP contribution in [0.2, 0.25) is 0 Å². The fourth-order valence-electron chi connectivity index (χ4n) is 7.08. The van der Waals surface area contributed by atoms with Gasteiger partial charge in [0, 0.05) is 22.0 Å². The highest BCUT2D eigenvalue weighted by Crippen LogP contribution is 2.65. The SMILES string of the molecule is c1ccc2c(c1)-c1ccc3cc1C21c2ccccc2-c2ccc4c5ccccc5n-3c4c21.